The van der Waals surface area contributed by atoms with Gasteiger partial charge in [-0.2, -0.15) is 0 Å². The van der Waals surface area contributed by atoms with Crippen molar-refractivity contribution in [2.45, 2.75) is 6.04 Å². The van der Waals surface area contributed by atoms with Crippen molar-refractivity contribution in [1.82, 2.24) is 10.3 Å². The number of nitrogens with zero attached hydrogens (tertiary/aromatic N) is 1. The molecular formula is C15H12BrFN2S. The maximum Gasteiger partial charge on any atom is 0.128 e. The Hall–Kier alpha value is -1.30. The molecule has 0 saturated carbocycles. The van der Waals surface area contributed by atoms with Crippen LogP contribution < -0.4 is 5.32 Å². The van der Waals surface area contributed by atoms with E-state index in [4.69, 9.17) is 0 Å². The van der Waals surface area contributed by atoms with Crippen LogP contribution in [0.4, 0.5) is 4.39 Å². The predicted octanol–water partition coefficient (Wildman–Crippen LogP) is 4.51. The fourth-order valence-electron chi connectivity index (χ4n) is 2.26. The lowest BCUT2D eigenvalue weighted by atomic mass is 10.00. The second-order valence-corrected chi connectivity index (χ2v) is 6.32. The van der Waals surface area contributed by atoms with E-state index in [1.807, 2.05) is 18.5 Å². The van der Waals surface area contributed by atoms with Gasteiger partial charge in [-0.25, -0.2) is 4.39 Å². The summed E-state index contributed by atoms with van der Waals surface area (Å²) in [6.07, 6.45) is 1.80. The molecule has 0 amide bonds. The fourth-order valence-corrected chi connectivity index (χ4v) is 3.43. The number of hydrogen-bond donors (Lipinski definition) is 1. The molecule has 20 heavy (non-hydrogen) atoms. The molecule has 1 aromatic carbocycles. The number of pyridine rings is 1. The highest BCUT2D eigenvalue weighted by atomic mass is 79.9. The van der Waals surface area contributed by atoms with Crippen LogP contribution in [0, 0.1) is 5.82 Å². The van der Waals surface area contributed by atoms with Gasteiger partial charge in [0.15, 0.2) is 0 Å². The van der Waals surface area contributed by atoms with Gasteiger partial charge in [0.05, 0.1) is 16.3 Å². The summed E-state index contributed by atoms with van der Waals surface area (Å²) in [4.78, 5) is 4.42. The third-order valence-corrected chi connectivity index (χ3v) is 4.56. The quantitative estimate of drug-likeness (QED) is 0.751. The largest absolute Gasteiger partial charge is 0.309 e. The third kappa shape index (κ3) is 2.49. The molecule has 2 nitrogen and oxygen atoms in total. The molecule has 5 heteroatoms. The normalized spacial score (nSPS) is 12.8. The molecule has 0 aliphatic carbocycles. The van der Waals surface area contributed by atoms with E-state index >= 15 is 0 Å². The van der Waals surface area contributed by atoms with Gasteiger partial charge in [0.1, 0.15) is 5.82 Å². The average molecular weight is 351 g/mol. The first-order valence-electron chi connectivity index (χ1n) is 6.14. The van der Waals surface area contributed by atoms with E-state index < -0.39 is 0 Å². The maximum atomic E-state index is 14.1. The molecule has 0 spiro atoms. The summed E-state index contributed by atoms with van der Waals surface area (Å²) in [6.45, 7) is 0. The number of fused-ring (bicyclic) bond motifs is 1. The fraction of sp³-hybridized carbons (Fsp3) is 0.133. The van der Waals surface area contributed by atoms with Crippen molar-refractivity contribution in [3.05, 3.63) is 63.3 Å². The van der Waals surface area contributed by atoms with Gasteiger partial charge in [-0.05, 0) is 48.3 Å². The zero-order chi connectivity index (χ0) is 14.1. The molecular weight excluding hydrogens is 339 g/mol. The molecule has 1 N–H and O–H groups in total. The number of halogens is 2. The Labute approximate surface area is 128 Å². The van der Waals surface area contributed by atoms with E-state index in [2.05, 4.69) is 32.3 Å². The van der Waals surface area contributed by atoms with Crippen LogP contribution in [-0.2, 0) is 0 Å². The van der Waals surface area contributed by atoms with Gasteiger partial charge in [0.2, 0.25) is 0 Å². The van der Waals surface area contributed by atoms with Gasteiger partial charge in [-0.15, -0.1) is 11.3 Å². The SMILES string of the molecule is CNC(c1cnc2ccsc2c1)c1cc(Br)ccc1F. The molecule has 3 aromatic rings. The Bertz CT molecular complexity index is 756. The van der Waals surface area contributed by atoms with Gasteiger partial charge < -0.3 is 5.32 Å². The molecule has 0 fully saturated rings. The van der Waals surface area contributed by atoms with Crippen LogP contribution in [0.25, 0.3) is 10.2 Å². The lowest BCUT2D eigenvalue weighted by Crippen LogP contribution is -2.19. The molecule has 0 aliphatic rings. The summed E-state index contributed by atoms with van der Waals surface area (Å²) < 4.78 is 16.0. The number of thiophene rings is 1. The lowest BCUT2D eigenvalue weighted by molar-refractivity contribution is 0.575. The van der Waals surface area contributed by atoms with E-state index in [9.17, 15) is 4.39 Å². The zero-order valence-electron chi connectivity index (χ0n) is 10.7. The molecule has 3 rings (SSSR count). The van der Waals surface area contributed by atoms with Crippen molar-refractivity contribution in [2.75, 3.05) is 7.05 Å². The van der Waals surface area contributed by atoms with E-state index in [-0.39, 0.29) is 11.9 Å². The Morgan fingerprint density at radius 1 is 1.30 bits per heavy atom. The first-order chi connectivity index (χ1) is 9.69. The van der Waals surface area contributed by atoms with Crippen molar-refractivity contribution in [3.8, 4) is 0 Å². The number of aromatic nitrogens is 1. The van der Waals surface area contributed by atoms with E-state index in [0.29, 0.717) is 5.56 Å². The van der Waals surface area contributed by atoms with Crippen LogP contribution in [0.3, 0.4) is 0 Å². The van der Waals surface area contributed by atoms with Crippen molar-refractivity contribution >= 4 is 37.5 Å². The topological polar surface area (TPSA) is 24.9 Å². The van der Waals surface area contributed by atoms with Crippen LogP contribution in [0.1, 0.15) is 17.2 Å². The van der Waals surface area contributed by atoms with Crippen molar-refractivity contribution in [1.29, 1.82) is 0 Å². The smallest absolute Gasteiger partial charge is 0.128 e. The average Bonchev–Trinajstić information content (AvgIpc) is 2.91. The molecule has 2 aromatic heterocycles. The van der Waals surface area contributed by atoms with Crippen molar-refractivity contribution < 1.29 is 4.39 Å². The summed E-state index contributed by atoms with van der Waals surface area (Å²) in [5.74, 6) is -0.223. The highest BCUT2D eigenvalue weighted by Crippen LogP contribution is 2.29. The van der Waals surface area contributed by atoms with Gasteiger partial charge >= 0.3 is 0 Å². The summed E-state index contributed by atoms with van der Waals surface area (Å²) in [7, 11) is 1.82. The number of hydrogen-bond acceptors (Lipinski definition) is 3. The number of benzene rings is 1. The van der Waals surface area contributed by atoms with Gasteiger partial charge in [0.25, 0.3) is 0 Å². The highest BCUT2D eigenvalue weighted by molar-refractivity contribution is 9.10. The molecule has 0 bridgehead atoms. The van der Waals surface area contributed by atoms with Gasteiger partial charge in [-0.1, -0.05) is 15.9 Å². The van der Waals surface area contributed by atoms with E-state index in [1.54, 1.807) is 29.7 Å². The molecule has 1 unspecified atom stereocenters. The van der Waals surface area contributed by atoms with Crippen molar-refractivity contribution in [3.63, 3.8) is 0 Å². The zero-order valence-corrected chi connectivity index (χ0v) is 13.1. The molecule has 0 aliphatic heterocycles. The Morgan fingerprint density at radius 2 is 2.15 bits per heavy atom. The van der Waals surface area contributed by atoms with Gasteiger partial charge in [0, 0.05) is 16.2 Å². The van der Waals surface area contributed by atoms with E-state index in [0.717, 1.165) is 20.3 Å². The van der Waals surface area contributed by atoms with Crippen molar-refractivity contribution in [2.24, 2.45) is 0 Å². The van der Waals surface area contributed by atoms with Crippen LogP contribution >= 0.6 is 27.3 Å². The number of nitrogens with one attached hydrogen (secondary N) is 1. The lowest BCUT2D eigenvalue weighted by Gasteiger charge is -2.18. The first kappa shape index (κ1) is 13.7. The summed E-state index contributed by atoms with van der Waals surface area (Å²) in [6, 6.07) is 8.81. The van der Waals surface area contributed by atoms with Crippen LogP contribution in [-0.4, -0.2) is 12.0 Å². The number of rotatable bonds is 3. The standard InChI is InChI=1S/C15H12BrFN2S/c1-18-15(11-7-10(16)2-3-12(11)17)9-6-14-13(19-8-9)4-5-20-14/h2-8,15,18H,1H3. The molecule has 0 radical (unpaired) electrons. The maximum absolute atomic E-state index is 14.1. The second-order valence-electron chi connectivity index (χ2n) is 4.46. The molecule has 2 heterocycles. The molecule has 1 atom stereocenters. The third-order valence-electron chi connectivity index (χ3n) is 3.21. The minimum Gasteiger partial charge on any atom is -0.309 e. The Kier molecular flexibility index (Phi) is 3.83. The van der Waals surface area contributed by atoms with E-state index in [1.165, 1.54) is 6.07 Å². The minimum atomic E-state index is -0.223. The Balaban J connectivity index is 2.10. The monoisotopic (exact) mass is 350 g/mol. The second kappa shape index (κ2) is 5.60. The van der Waals surface area contributed by atoms with Gasteiger partial charge in [-0.3, -0.25) is 4.98 Å². The summed E-state index contributed by atoms with van der Waals surface area (Å²) >= 11 is 5.03. The molecule has 0 saturated heterocycles. The van der Waals surface area contributed by atoms with Crippen LogP contribution in [0.2, 0.25) is 0 Å². The highest BCUT2D eigenvalue weighted by Gasteiger charge is 2.17. The Morgan fingerprint density at radius 3 is 2.95 bits per heavy atom. The summed E-state index contributed by atoms with van der Waals surface area (Å²) in [5.41, 5.74) is 2.54. The minimum absolute atomic E-state index is 0.216. The van der Waals surface area contributed by atoms with Crippen LogP contribution in [0.15, 0.2) is 46.4 Å². The predicted molar refractivity (Wildman–Crippen MR) is 84.6 cm³/mol. The first-order valence-corrected chi connectivity index (χ1v) is 7.81. The van der Waals surface area contributed by atoms with Crippen LogP contribution in [0.5, 0.6) is 0 Å². The molecule has 102 valence electrons. The summed E-state index contributed by atoms with van der Waals surface area (Å²) in [5, 5.41) is 5.17.